The number of nitrogens with two attached hydrogens (primary N) is 1. The number of aromatic nitrogens is 5. The highest BCUT2D eigenvalue weighted by Gasteiger charge is 2.38. The lowest BCUT2D eigenvalue weighted by atomic mass is 9.81. The number of amides is 4. The van der Waals surface area contributed by atoms with Gasteiger partial charge in [-0.05, 0) is 125 Å². The molecule has 5 rings (SSSR count). The first-order valence-corrected chi connectivity index (χ1v) is 20.1. The summed E-state index contributed by atoms with van der Waals surface area (Å²) in [5, 5.41) is 19.4. The van der Waals surface area contributed by atoms with Crippen LogP contribution in [0.25, 0.3) is 22.5 Å². The van der Waals surface area contributed by atoms with Gasteiger partial charge in [-0.15, -0.1) is 10.2 Å². The van der Waals surface area contributed by atoms with Gasteiger partial charge in [-0.25, -0.2) is 14.7 Å². The third-order valence-corrected chi connectivity index (χ3v) is 10.3. The summed E-state index contributed by atoms with van der Waals surface area (Å²) in [4.78, 5) is 60.2. The van der Waals surface area contributed by atoms with Gasteiger partial charge < -0.3 is 26.0 Å². The quantitative estimate of drug-likeness (QED) is 0.113. The zero-order valence-electron chi connectivity index (χ0n) is 34.5. The highest BCUT2D eigenvalue weighted by atomic mass is 19.4. The van der Waals surface area contributed by atoms with Crippen molar-refractivity contribution in [3.8, 4) is 22.5 Å². The molecule has 60 heavy (non-hydrogen) atoms. The van der Waals surface area contributed by atoms with Gasteiger partial charge in [0.05, 0.1) is 11.7 Å². The van der Waals surface area contributed by atoms with E-state index in [-0.39, 0.29) is 35.7 Å². The molecular weight excluding hydrogens is 782 g/mol. The number of H-pyrrole nitrogens is 1. The first-order chi connectivity index (χ1) is 28.5. The van der Waals surface area contributed by atoms with Crippen LogP contribution >= 0.6 is 0 Å². The number of nitrogens with zero attached hydrogens (tertiary/aromatic N) is 6. The van der Waals surface area contributed by atoms with Crippen molar-refractivity contribution in [3.63, 3.8) is 0 Å². The van der Waals surface area contributed by atoms with Crippen LogP contribution in [-0.2, 0) is 26.9 Å². The molecule has 1 atom stereocenters. The topological polar surface area (TPSA) is 201 Å². The van der Waals surface area contributed by atoms with Gasteiger partial charge in [0.2, 0.25) is 11.7 Å². The minimum Gasteiger partial charge on any atom is -0.444 e. The van der Waals surface area contributed by atoms with E-state index in [2.05, 4.69) is 41.1 Å². The van der Waals surface area contributed by atoms with E-state index in [0.717, 1.165) is 18.0 Å². The number of nitrogens with one attached hydrogen (secondary N) is 3. The molecule has 4 amide bonds. The van der Waals surface area contributed by atoms with Crippen molar-refractivity contribution in [2.24, 2.45) is 17.6 Å². The lowest BCUT2D eigenvalue weighted by Crippen LogP contribution is -2.50. The van der Waals surface area contributed by atoms with Crippen molar-refractivity contribution in [2.45, 2.75) is 84.5 Å². The fourth-order valence-corrected chi connectivity index (χ4v) is 7.06. The number of ether oxygens (including phenoxy) is 1. The van der Waals surface area contributed by atoms with Crippen LogP contribution in [0.5, 0.6) is 0 Å². The fourth-order valence-electron chi connectivity index (χ4n) is 7.06. The Morgan fingerprint density at radius 2 is 1.55 bits per heavy atom. The number of hydrogen-bond donors (Lipinski definition) is 4. The van der Waals surface area contributed by atoms with E-state index in [1.807, 2.05) is 13.8 Å². The van der Waals surface area contributed by atoms with E-state index in [1.165, 1.54) is 24.3 Å². The number of carbonyl (C=O) groups excluding carboxylic acids is 4. The van der Waals surface area contributed by atoms with E-state index in [4.69, 9.17) is 10.5 Å². The molecule has 0 unspecified atom stereocenters. The van der Waals surface area contributed by atoms with Crippen molar-refractivity contribution in [1.82, 2.24) is 41.1 Å². The number of carbonyl (C=O) groups is 4. The maximum absolute atomic E-state index is 14.3. The van der Waals surface area contributed by atoms with E-state index in [0.29, 0.717) is 61.4 Å². The number of alkyl halides is 3. The summed E-state index contributed by atoms with van der Waals surface area (Å²) in [7, 11) is 0. The maximum Gasteiger partial charge on any atom is 0.433 e. The van der Waals surface area contributed by atoms with Crippen LogP contribution in [0, 0.1) is 11.8 Å². The van der Waals surface area contributed by atoms with Crippen LogP contribution < -0.4 is 21.3 Å². The molecule has 0 spiro atoms. The minimum absolute atomic E-state index is 0.0239. The average molecular weight is 835 g/mol. The van der Waals surface area contributed by atoms with Crippen LogP contribution in [0.2, 0.25) is 0 Å². The molecule has 322 valence electrons. The summed E-state index contributed by atoms with van der Waals surface area (Å²) < 4.78 is 48.2. The first kappa shape index (κ1) is 45.3. The van der Waals surface area contributed by atoms with Crippen LogP contribution in [0.15, 0.2) is 60.7 Å². The molecule has 2 aromatic carbocycles. The Labute approximate surface area is 347 Å². The standard InChI is InChI=1S/C42H53F3N10O5/c1-6-54(7-2)23-22-47-37(56)34-21-20-32(35(49-34)42(43,44)45)28-12-8-26(9-13-28)24-33(46)39(58)55(31-18-16-29(17-19-31)36-50-52-53-51-36)38(57)30-14-10-27(11-15-30)25-48-40(59)60-41(3,4)5/h8-9,12-13,16-21,27,30,33H,6-7,10-11,14-15,22-25,46H2,1-5H3,(H,47,56)(H,48,59)(H,50,51,52,53)/t27?,30?,33-/m0/s1. The highest BCUT2D eigenvalue weighted by Crippen LogP contribution is 2.36. The molecule has 1 aliphatic rings. The molecule has 1 saturated carbocycles. The molecule has 0 radical (unpaired) electrons. The molecule has 0 aliphatic heterocycles. The van der Waals surface area contributed by atoms with Gasteiger partial charge in [0.15, 0.2) is 5.69 Å². The molecule has 1 aliphatic carbocycles. The smallest absolute Gasteiger partial charge is 0.433 e. The third-order valence-electron chi connectivity index (χ3n) is 10.3. The SMILES string of the molecule is CCN(CC)CCNC(=O)c1ccc(-c2ccc(C[C@H](N)C(=O)N(C(=O)C3CCC(CNC(=O)OC(C)(C)C)CC3)c3ccc(-c4nn[nH]n4)cc3)cc2)c(C(F)(F)F)n1. The number of imide groups is 1. The number of benzene rings is 2. The lowest BCUT2D eigenvalue weighted by Gasteiger charge is -2.32. The number of pyridine rings is 1. The van der Waals surface area contributed by atoms with Gasteiger partial charge in [-0.1, -0.05) is 38.1 Å². The molecule has 0 bridgehead atoms. The molecule has 18 heteroatoms. The first-order valence-electron chi connectivity index (χ1n) is 20.1. The average Bonchev–Trinajstić information content (AvgIpc) is 3.77. The second-order valence-corrected chi connectivity index (χ2v) is 15.8. The number of likely N-dealkylation sites (N-methyl/N-ethyl adjacent to an activating group) is 1. The van der Waals surface area contributed by atoms with Gasteiger partial charge in [0.1, 0.15) is 11.3 Å². The predicted molar refractivity (Wildman–Crippen MR) is 218 cm³/mol. The molecule has 1 fully saturated rings. The van der Waals surface area contributed by atoms with Gasteiger partial charge >= 0.3 is 12.3 Å². The monoisotopic (exact) mass is 834 g/mol. The Hall–Kier alpha value is -5.75. The van der Waals surface area contributed by atoms with E-state index in [1.54, 1.807) is 57.2 Å². The van der Waals surface area contributed by atoms with E-state index in [9.17, 15) is 32.3 Å². The lowest BCUT2D eigenvalue weighted by molar-refractivity contribution is -0.140. The summed E-state index contributed by atoms with van der Waals surface area (Å²) in [6.07, 6.45) is -3.13. The molecule has 15 nitrogen and oxygen atoms in total. The van der Waals surface area contributed by atoms with Gasteiger partial charge in [0.25, 0.3) is 11.8 Å². The largest absolute Gasteiger partial charge is 0.444 e. The Morgan fingerprint density at radius 3 is 2.13 bits per heavy atom. The van der Waals surface area contributed by atoms with Gasteiger partial charge in [-0.2, -0.15) is 18.4 Å². The minimum atomic E-state index is -4.85. The molecular formula is C42H53F3N10O5. The molecule has 4 aromatic rings. The normalized spacial score (nSPS) is 16.2. The molecule has 2 heterocycles. The van der Waals surface area contributed by atoms with Crippen LogP contribution in [0.1, 0.15) is 82.0 Å². The molecule has 5 N–H and O–H groups in total. The Bertz CT molecular complexity index is 2060. The van der Waals surface area contributed by atoms with Crippen molar-refractivity contribution in [2.75, 3.05) is 37.6 Å². The summed E-state index contributed by atoms with van der Waals surface area (Å²) in [5.41, 5.74) is 5.75. The highest BCUT2D eigenvalue weighted by molar-refractivity contribution is 6.17. The zero-order chi connectivity index (χ0) is 43.6. The number of halogens is 3. The number of hydrogen-bond acceptors (Lipinski definition) is 11. The molecule has 2 aromatic heterocycles. The van der Waals surface area contributed by atoms with Crippen molar-refractivity contribution >= 4 is 29.5 Å². The van der Waals surface area contributed by atoms with Crippen LogP contribution in [0.4, 0.5) is 23.7 Å². The predicted octanol–water partition coefficient (Wildman–Crippen LogP) is 5.78. The van der Waals surface area contributed by atoms with Gasteiger partial charge in [-0.3, -0.25) is 14.4 Å². The number of aromatic amines is 1. The van der Waals surface area contributed by atoms with Crippen LogP contribution in [0.3, 0.4) is 0 Å². The molecule has 0 saturated heterocycles. The Kier molecular flexibility index (Phi) is 15.1. The van der Waals surface area contributed by atoms with Crippen molar-refractivity contribution in [3.05, 3.63) is 77.6 Å². The number of anilines is 1. The van der Waals surface area contributed by atoms with Crippen molar-refractivity contribution < 1.29 is 37.1 Å². The van der Waals surface area contributed by atoms with E-state index >= 15 is 0 Å². The summed E-state index contributed by atoms with van der Waals surface area (Å²) in [5.74, 6) is -1.81. The maximum atomic E-state index is 14.3. The Morgan fingerprint density at radius 1 is 0.900 bits per heavy atom. The number of tetrazole rings is 1. The van der Waals surface area contributed by atoms with E-state index < -0.39 is 53.2 Å². The van der Waals surface area contributed by atoms with Crippen LogP contribution in [-0.4, -0.2) is 98.7 Å². The second-order valence-electron chi connectivity index (χ2n) is 15.8. The summed E-state index contributed by atoms with van der Waals surface area (Å²) in [6, 6.07) is 13.9. The second kappa shape index (κ2) is 20.0. The zero-order valence-corrected chi connectivity index (χ0v) is 34.5. The third kappa shape index (κ3) is 12.2. The number of rotatable bonds is 15. The Balaban J connectivity index is 1.29. The summed E-state index contributed by atoms with van der Waals surface area (Å²) in [6.45, 7) is 12.1. The van der Waals surface area contributed by atoms with Crippen molar-refractivity contribution in [1.29, 1.82) is 0 Å². The summed E-state index contributed by atoms with van der Waals surface area (Å²) >= 11 is 0. The fraction of sp³-hybridized carbons (Fsp3) is 0.476. The van der Waals surface area contributed by atoms with Gasteiger partial charge in [0, 0.05) is 36.7 Å². The number of alkyl carbamates (subject to hydrolysis) is 1.